The number of anilines is 1. The highest BCUT2D eigenvalue weighted by molar-refractivity contribution is 5.91. The number of halogens is 1. The zero-order valence-corrected chi connectivity index (χ0v) is 12.3. The largest absolute Gasteiger partial charge is 0.396 e. The second-order valence-electron chi connectivity index (χ2n) is 4.83. The standard InChI is InChI=1S/C15H19FN4O2/c1-2-12(6-9-21)18-15(22)19-13-10-11(16)4-5-14(13)20-8-3-7-17-20/h3-5,7-8,10,12,21H,2,6,9H2,1H3,(H2,18,19,22). The van der Waals surface area contributed by atoms with Crippen molar-refractivity contribution in [2.45, 2.75) is 25.8 Å². The minimum absolute atomic E-state index is 0.00269. The molecule has 1 atom stereocenters. The number of hydrogen-bond acceptors (Lipinski definition) is 3. The first kappa shape index (κ1) is 16.0. The number of aliphatic hydroxyl groups is 1. The van der Waals surface area contributed by atoms with Gasteiger partial charge in [0, 0.05) is 25.0 Å². The van der Waals surface area contributed by atoms with E-state index in [0.29, 0.717) is 24.2 Å². The van der Waals surface area contributed by atoms with Gasteiger partial charge < -0.3 is 15.7 Å². The summed E-state index contributed by atoms with van der Waals surface area (Å²) in [6, 6.07) is 5.25. The molecule has 2 aromatic rings. The average Bonchev–Trinajstić information content (AvgIpc) is 3.01. The lowest BCUT2D eigenvalue weighted by Gasteiger charge is -2.17. The predicted molar refractivity (Wildman–Crippen MR) is 81.5 cm³/mol. The molecule has 7 heteroatoms. The van der Waals surface area contributed by atoms with Gasteiger partial charge in [0.15, 0.2) is 0 Å². The molecule has 0 bridgehead atoms. The predicted octanol–water partition coefficient (Wildman–Crippen LogP) is 2.29. The molecule has 3 N–H and O–H groups in total. The molecule has 0 saturated carbocycles. The van der Waals surface area contributed by atoms with Crippen LogP contribution in [0.4, 0.5) is 14.9 Å². The number of nitrogens with one attached hydrogen (secondary N) is 2. The zero-order valence-electron chi connectivity index (χ0n) is 12.3. The fourth-order valence-electron chi connectivity index (χ4n) is 2.10. The van der Waals surface area contributed by atoms with Crippen LogP contribution in [0.25, 0.3) is 5.69 Å². The van der Waals surface area contributed by atoms with Gasteiger partial charge in [0.1, 0.15) is 5.82 Å². The van der Waals surface area contributed by atoms with Crippen LogP contribution in [0.2, 0.25) is 0 Å². The summed E-state index contributed by atoms with van der Waals surface area (Å²) in [4.78, 5) is 12.0. The summed E-state index contributed by atoms with van der Waals surface area (Å²) in [7, 11) is 0. The molecular formula is C15H19FN4O2. The summed E-state index contributed by atoms with van der Waals surface area (Å²) in [5, 5.41) is 18.4. The Morgan fingerprint density at radius 1 is 1.50 bits per heavy atom. The van der Waals surface area contributed by atoms with E-state index in [2.05, 4.69) is 15.7 Å². The number of carbonyl (C=O) groups is 1. The number of nitrogens with zero attached hydrogens (tertiary/aromatic N) is 2. The van der Waals surface area contributed by atoms with Gasteiger partial charge in [0.25, 0.3) is 0 Å². The lowest BCUT2D eigenvalue weighted by atomic mass is 10.1. The van der Waals surface area contributed by atoms with Crippen LogP contribution in [0, 0.1) is 5.82 Å². The van der Waals surface area contributed by atoms with E-state index in [1.54, 1.807) is 29.2 Å². The summed E-state index contributed by atoms with van der Waals surface area (Å²) in [5.41, 5.74) is 0.886. The van der Waals surface area contributed by atoms with Crippen LogP contribution in [0.5, 0.6) is 0 Å². The van der Waals surface area contributed by atoms with E-state index in [9.17, 15) is 9.18 Å². The van der Waals surface area contributed by atoms with Gasteiger partial charge in [0.2, 0.25) is 0 Å². The Kier molecular flexibility index (Phi) is 5.48. The molecule has 1 heterocycles. The third-order valence-electron chi connectivity index (χ3n) is 3.26. The Labute approximate surface area is 128 Å². The van der Waals surface area contributed by atoms with Crippen molar-refractivity contribution in [3.05, 3.63) is 42.5 Å². The second kappa shape index (κ2) is 7.56. The fraction of sp³-hybridized carbons (Fsp3) is 0.333. The molecule has 0 aliphatic carbocycles. The number of aromatic nitrogens is 2. The molecule has 1 aromatic heterocycles. The van der Waals surface area contributed by atoms with Crippen LogP contribution in [-0.4, -0.2) is 33.6 Å². The minimum atomic E-state index is -0.450. The van der Waals surface area contributed by atoms with Crippen LogP contribution in [0.15, 0.2) is 36.7 Å². The molecule has 1 unspecified atom stereocenters. The van der Waals surface area contributed by atoms with Crippen molar-refractivity contribution < 1.29 is 14.3 Å². The van der Waals surface area contributed by atoms with Crippen molar-refractivity contribution in [2.24, 2.45) is 0 Å². The molecule has 1 aromatic carbocycles. The van der Waals surface area contributed by atoms with Crippen LogP contribution in [-0.2, 0) is 0 Å². The lowest BCUT2D eigenvalue weighted by molar-refractivity contribution is 0.237. The lowest BCUT2D eigenvalue weighted by Crippen LogP contribution is -2.38. The minimum Gasteiger partial charge on any atom is -0.396 e. The third kappa shape index (κ3) is 4.05. The number of carbonyl (C=O) groups excluding carboxylic acids is 1. The van der Waals surface area contributed by atoms with E-state index in [-0.39, 0.29) is 12.6 Å². The first-order valence-electron chi connectivity index (χ1n) is 7.12. The number of hydrogen-bond donors (Lipinski definition) is 3. The molecule has 2 rings (SSSR count). The summed E-state index contributed by atoms with van der Waals surface area (Å²) in [5.74, 6) is -0.450. The monoisotopic (exact) mass is 306 g/mol. The number of benzene rings is 1. The van der Waals surface area contributed by atoms with Crippen molar-refractivity contribution in [3.63, 3.8) is 0 Å². The van der Waals surface area contributed by atoms with Crippen molar-refractivity contribution in [1.82, 2.24) is 15.1 Å². The molecule has 0 aliphatic heterocycles. The smallest absolute Gasteiger partial charge is 0.319 e. The number of rotatable bonds is 6. The Morgan fingerprint density at radius 2 is 2.32 bits per heavy atom. The fourth-order valence-corrected chi connectivity index (χ4v) is 2.10. The van der Waals surface area contributed by atoms with E-state index < -0.39 is 11.8 Å². The van der Waals surface area contributed by atoms with Gasteiger partial charge in [0.05, 0.1) is 11.4 Å². The SMILES string of the molecule is CCC(CCO)NC(=O)Nc1cc(F)ccc1-n1cccn1. The maximum absolute atomic E-state index is 13.5. The summed E-state index contributed by atoms with van der Waals surface area (Å²) < 4.78 is 15.0. The van der Waals surface area contributed by atoms with Crippen LogP contribution in [0.3, 0.4) is 0 Å². The van der Waals surface area contributed by atoms with Gasteiger partial charge in [-0.2, -0.15) is 5.10 Å². The van der Waals surface area contributed by atoms with E-state index in [4.69, 9.17) is 5.11 Å². The number of urea groups is 1. The zero-order chi connectivity index (χ0) is 15.9. The first-order chi connectivity index (χ1) is 10.6. The van der Waals surface area contributed by atoms with Gasteiger partial charge in [-0.3, -0.25) is 0 Å². The van der Waals surface area contributed by atoms with Crippen LogP contribution >= 0.6 is 0 Å². The van der Waals surface area contributed by atoms with Crippen molar-refractivity contribution in [2.75, 3.05) is 11.9 Å². The van der Waals surface area contributed by atoms with Gasteiger partial charge in [-0.1, -0.05) is 6.92 Å². The van der Waals surface area contributed by atoms with Gasteiger partial charge in [-0.05, 0) is 37.1 Å². The van der Waals surface area contributed by atoms with Gasteiger partial charge >= 0.3 is 6.03 Å². The molecule has 0 saturated heterocycles. The van der Waals surface area contributed by atoms with Crippen molar-refractivity contribution in [3.8, 4) is 5.69 Å². The molecule has 118 valence electrons. The Balaban J connectivity index is 2.15. The summed E-state index contributed by atoms with van der Waals surface area (Å²) in [6.07, 6.45) is 4.47. The highest BCUT2D eigenvalue weighted by Gasteiger charge is 2.13. The molecule has 2 amide bonds. The number of amides is 2. The van der Waals surface area contributed by atoms with Crippen LogP contribution < -0.4 is 10.6 Å². The van der Waals surface area contributed by atoms with E-state index >= 15 is 0 Å². The molecule has 0 fully saturated rings. The summed E-state index contributed by atoms with van der Waals surface area (Å²) >= 11 is 0. The molecule has 6 nitrogen and oxygen atoms in total. The summed E-state index contributed by atoms with van der Waals surface area (Å²) in [6.45, 7) is 1.91. The van der Waals surface area contributed by atoms with Crippen LogP contribution in [0.1, 0.15) is 19.8 Å². The normalized spacial score (nSPS) is 12.0. The molecule has 0 radical (unpaired) electrons. The molecule has 0 spiro atoms. The van der Waals surface area contributed by atoms with Gasteiger partial charge in [-0.25, -0.2) is 13.9 Å². The topological polar surface area (TPSA) is 79.2 Å². The number of aliphatic hydroxyl groups excluding tert-OH is 1. The van der Waals surface area contributed by atoms with Gasteiger partial charge in [-0.15, -0.1) is 0 Å². The maximum atomic E-state index is 13.5. The molecular weight excluding hydrogens is 287 g/mol. The molecule has 22 heavy (non-hydrogen) atoms. The quantitative estimate of drug-likeness (QED) is 0.766. The van der Waals surface area contributed by atoms with Crippen molar-refractivity contribution in [1.29, 1.82) is 0 Å². The van der Waals surface area contributed by atoms with E-state index in [0.717, 1.165) is 0 Å². The van der Waals surface area contributed by atoms with E-state index in [1.807, 2.05) is 6.92 Å². The highest BCUT2D eigenvalue weighted by atomic mass is 19.1. The first-order valence-corrected chi connectivity index (χ1v) is 7.12. The average molecular weight is 306 g/mol. The highest BCUT2D eigenvalue weighted by Crippen LogP contribution is 2.21. The third-order valence-corrected chi connectivity index (χ3v) is 3.26. The Morgan fingerprint density at radius 3 is 2.95 bits per heavy atom. The Hall–Kier alpha value is -2.41. The molecule has 0 aliphatic rings. The maximum Gasteiger partial charge on any atom is 0.319 e. The second-order valence-corrected chi connectivity index (χ2v) is 4.83. The Bertz CT molecular complexity index is 616. The van der Waals surface area contributed by atoms with E-state index in [1.165, 1.54) is 12.1 Å². The van der Waals surface area contributed by atoms with Crippen molar-refractivity contribution >= 4 is 11.7 Å².